The molecular formula is C11H21NO2. The van der Waals surface area contributed by atoms with Gasteiger partial charge in [0.1, 0.15) is 0 Å². The van der Waals surface area contributed by atoms with Gasteiger partial charge >= 0.3 is 0 Å². The number of amides is 1. The van der Waals surface area contributed by atoms with Crippen molar-refractivity contribution < 1.29 is 9.90 Å². The van der Waals surface area contributed by atoms with Crippen molar-refractivity contribution in [3.63, 3.8) is 0 Å². The summed E-state index contributed by atoms with van der Waals surface area (Å²) in [4.78, 5) is 13.2. The summed E-state index contributed by atoms with van der Waals surface area (Å²) in [7, 11) is 0. The monoisotopic (exact) mass is 199 g/mol. The third-order valence-electron chi connectivity index (χ3n) is 2.09. The van der Waals surface area contributed by atoms with Crippen LogP contribution in [0, 0.1) is 0 Å². The molecule has 0 bridgehead atoms. The molecule has 1 unspecified atom stereocenters. The Hall–Kier alpha value is -0.830. The molecule has 0 saturated carbocycles. The van der Waals surface area contributed by atoms with E-state index in [4.69, 9.17) is 5.11 Å². The molecule has 0 aliphatic carbocycles. The zero-order valence-corrected chi connectivity index (χ0v) is 9.36. The molecule has 0 aliphatic rings. The molecule has 0 spiro atoms. The maximum atomic E-state index is 11.4. The Morgan fingerprint density at radius 1 is 1.43 bits per heavy atom. The molecule has 0 aromatic rings. The lowest BCUT2D eigenvalue weighted by atomic mass is 10.2. The van der Waals surface area contributed by atoms with Gasteiger partial charge in [0.25, 0.3) is 0 Å². The van der Waals surface area contributed by atoms with E-state index in [2.05, 4.69) is 0 Å². The zero-order chi connectivity index (χ0) is 11.0. The van der Waals surface area contributed by atoms with Crippen molar-refractivity contribution in [3.05, 3.63) is 12.2 Å². The number of carbonyl (C=O) groups excluding carboxylic acids is 1. The Labute approximate surface area is 86.4 Å². The number of likely N-dealkylation sites (N-methyl/N-ethyl adjacent to an activating group) is 1. The first-order valence-electron chi connectivity index (χ1n) is 5.25. The fraction of sp³-hybridized carbons (Fsp3) is 0.727. The molecule has 0 radical (unpaired) electrons. The lowest BCUT2D eigenvalue weighted by Crippen LogP contribution is -2.28. The van der Waals surface area contributed by atoms with Crippen LogP contribution in [0.3, 0.4) is 0 Å². The smallest absolute Gasteiger partial charge is 0.246 e. The summed E-state index contributed by atoms with van der Waals surface area (Å²) in [6.07, 6.45) is 4.60. The molecule has 1 N–H and O–H groups in total. The second kappa shape index (κ2) is 7.56. The number of aliphatic hydroxyl groups is 1. The van der Waals surface area contributed by atoms with Gasteiger partial charge < -0.3 is 10.0 Å². The minimum absolute atomic E-state index is 0.0561. The number of nitrogens with zero attached hydrogens (tertiary/aromatic N) is 1. The van der Waals surface area contributed by atoms with Crippen LogP contribution >= 0.6 is 0 Å². The highest BCUT2D eigenvalue weighted by Crippen LogP contribution is 1.98. The summed E-state index contributed by atoms with van der Waals surface area (Å²) >= 11 is 0. The predicted molar refractivity (Wildman–Crippen MR) is 58.0 cm³/mol. The topological polar surface area (TPSA) is 40.5 Å². The minimum atomic E-state index is -0.289. The van der Waals surface area contributed by atoms with Gasteiger partial charge in [0.15, 0.2) is 0 Å². The molecule has 0 heterocycles. The molecule has 0 aliphatic heterocycles. The molecule has 0 fully saturated rings. The summed E-state index contributed by atoms with van der Waals surface area (Å²) < 4.78 is 0. The van der Waals surface area contributed by atoms with Crippen molar-refractivity contribution in [2.24, 2.45) is 0 Å². The van der Waals surface area contributed by atoms with E-state index >= 15 is 0 Å². The predicted octanol–water partition coefficient (Wildman–Crippen LogP) is 1.57. The van der Waals surface area contributed by atoms with Gasteiger partial charge in [-0.1, -0.05) is 6.08 Å². The maximum Gasteiger partial charge on any atom is 0.246 e. The Balaban J connectivity index is 3.80. The van der Waals surface area contributed by atoms with Crippen molar-refractivity contribution in [1.29, 1.82) is 0 Å². The van der Waals surface area contributed by atoms with Gasteiger partial charge in [0, 0.05) is 13.1 Å². The molecule has 0 aromatic carbocycles. The largest absolute Gasteiger partial charge is 0.393 e. The maximum absolute atomic E-state index is 11.4. The summed E-state index contributed by atoms with van der Waals surface area (Å²) in [5.41, 5.74) is 0. The first-order chi connectivity index (χ1) is 6.61. The van der Waals surface area contributed by atoms with Crippen LogP contribution in [0.1, 0.15) is 33.6 Å². The molecule has 3 nitrogen and oxygen atoms in total. The van der Waals surface area contributed by atoms with Crippen LogP contribution in [0.2, 0.25) is 0 Å². The van der Waals surface area contributed by atoms with Crippen LogP contribution in [-0.4, -0.2) is 35.1 Å². The highest BCUT2D eigenvalue weighted by atomic mass is 16.3. The van der Waals surface area contributed by atoms with E-state index < -0.39 is 0 Å². The SMILES string of the molecule is CCN(CC)C(=O)/C=C/CCC(C)O. The van der Waals surface area contributed by atoms with Gasteiger partial charge in [-0.05, 0) is 39.7 Å². The molecule has 0 aromatic heterocycles. The minimum Gasteiger partial charge on any atom is -0.393 e. The molecule has 1 atom stereocenters. The summed E-state index contributed by atoms with van der Waals surface area (Å²) in [6, 6.07) is 0. The van der Waals surface area contributed by atoms with Crippen molar-refractivity contribution in [3.8, 4) is 0 Å². The highest BCUT2D eigenvalue weighted by Gasteiger charge is 2.03. The van der Waals surface area contributed by atoms with E-state index in [1.165, 1.54) is 0 Å². The molecule has 0 rings (SSSR count). The number of allylic oxidation sites excluding steroid dienone is 1. The van der Waals surface area contributed by atoms with Crippen LogP contribution in [0.25, 0.3) is 0 Å². The molecule has 14 heavy (non-hydrogen) atoms. The van der Waals surface area contributed by atoms with Crippen LogP contribution in [-0.2, 0) is 4.79 Å². The molecular weight excluding hydrogens is 178 g/mol. The van der Waals surface area contributed by atoms with E-state index in [0.29, 0.717) is 6.42 Å². The van der Waals surface area contributed by atoms with Gasteiger partial charge in [0.05, 0.1) is 6.10 Å². The number of carbonyl (C=O) groups is 1. The Kier molecular flexibility index (Phi) is 7.11. The van der Waals surface area contributed by atoms with E-state index in [-0.39, 0.29) is 12.0 Å². The second-order valence-electron chi connectivity index (χ2n) is 3.34. The highest BCUT2D eigenvalue weighted by molar-refractivity contribution is 5.87. The average Bonchev–Trinajstić information content (AvgIpc) is 2.14. The van der Waals surface area contributed by atoms with Gasteiger partial charge in [-0.25, -0.2) is 0 Å². The summed E-state index contributed by atoms with van der Waals surface area (Å²) in [5, 5.41) is 8.99. The van der Waals surface area contributed by atoms with Gasteiger partial charge in [-0.15, -0.1) is 0 Å². The number of hydrogen-bond donors (Lipinski definition) is 1. The normalized spacial score (nSPS) is 13.1. The van der Waals surface area contributed by atoms with Crippen molar-refractivity contribution in [1.82, 2.24) is 4.90 Å². The van der Waals surface area contributed by atoms with Crippen molar-refractivity contribution >= 4 is 5.91 Å². The molecule has 0 saturated heterocycles. The number of hydrogen-bond acceptors (Lipinski definition) is 2. The van der Waals surface area contributed by atoms with Crippen LogP contribution in [0.5, 0.6) is 0 Å². The standard InChI is InChI=1S/C11H21NO2/c1-4-12(5-2)11(14)9-7-6-8-10(3)13/h7,9-10,13H,4-6,8H2,1-3H3/b9-7+. The first kappa shape index (κ1) is 13.2. The lowest BCUT2D eigenvalue weighted by Gasteiger charge is -2.15. The Morgan fingerprint density at radius 2 is 2.00 bits per heavy atom. The third-order valence-corrected chi connectivity index (χ3v) is 2.09. The second-order valence-corrected chi connectivity index (χ2v) is 3.34. The number of rotatable bonds is 6. The van der Waals surface area contributed by atoms with Gasteiger partial charge in [-0.2, -0.15) is 0 Å². The van der Waals surface area contributed by atoms with E-state index in [1.54, 1.807) is 17.9 Å². The van der Waals surface area contributed by atoms with Crippen LogP contribution in [0.15, 0.2) is 12.2 Å². The van der Waals surface area contributed by atoms with Gasteiger partial charge in [-0.3, -0.25) is 4.79 Å². The van der Waals surface area contributed by atoms with Crippen molar-refractivity contribution in [2.45, 2.75) is 39.7 Å². The number of aliphatic hydroxyl groups excluding tert-OH is 1. The molecule has 82 valence electrons. The van der Waals surface area contributed by atoms with Crippen molar-refractivity contribution in [2.75, 3.05) is 13.1 Å². The molecule has 1 amide bonds. The van der Waals surface area contributed by atoms with E-state index in [9.17, 15) is 4.79 Å². The van der Waals surface area contributed by atoms with E-state index in [1.807, 2.05) is 19.9 Å². The third kappa shape index (κ3) is 5.75. The van der Waals surface area contributed by atoms with Crippen LogP contribution < -0.4 is 0 Å². The Morgan fingerprint density at radius 3 is 2.43 bits per heavy atom. The summed E-state index contributed by atoms with van der Waals surface area (Å²) in [6.45, 7) is 7.17. The van der Waals surface area contributed by atoms with Gasteiger partial charge in [0.2, 0.25) is 5.91 Å². The first-order valence-corrected chi connectivity index (χ1v) is 5.25. The molecule has 3 heteroatoms. The van der Waals surface area contributed by atoms with E-state index in [0.717, 1.165) is 19.5 Å². The van der Waals surface area contributed by atoms with Crippen LogP contribution in [0.4, 0.5) is 0 Å². The average molecular weight is 199 g/mol. The lowest BCUT2D eigenvalue weighted by molar-refractivity contribution is -0.125. The fourth-order valence-corrected chi connectivity index (χ4v) is 1.16. The fourth-order valence-electron chi connectivity index (χ4n) is 1.16. The quantitative estimate of drug-likeness (QED) is 0.660. The Bertz CT molecular complexity index is 184. The summed E-state index contributed by atoms with van der Waals surface area (Å²) in [5.74, 6) is 0.0561. The zero-order valence-electron chi connectivity index (χ0n) is 9.36.